The number of nitrogens with one attached hydrogen (secondary N) is 2. The van der Waals surface area contributed by atoms with Crippen molar-refractivity contribution in [2.75, 3.05) is 6.61 Å². The third-order valence-electron chi connectivity index (χ3n) is 3.80. The van der Waals surface area contributed by atoms with E-state index in [1.807, 2.05) is 30.3 Å². The SMILES string of the molecule is CCCCOc1ccc(-c2cc(C(=O)N/N=C\c3cccnc3)[nH]n2)cc1. The van der Waals surface area contributed by atoms with Gasteiger partial charge < -0.3 is 4.74 Å². The molecule has 2 heterocycles. The fourth-order valence-corrected chi connectivity index (χ4v) is 2.32. The molecule has 0 spiro atoms. The molecule has 7 heteroatoms. The highest BCUT2D eigenvalue weighted by Crippen LogP contribution is 2.21. The molecule has 0 aliphatic heterocycles. The fourth-order valence-electron chi connectivity index (χ4n) is 2.32. The average Bonchev–Trinajstić information content (AvgIpc) is 3.20. The number of ether oxygens (including phenoxy) is 1. The zero-order valence-electron chi connectivity index (χ0n) is 15.1. The van der Waals surface area contributed by atoms with Gasteiger partial charge in [-0.2, -0.15) is 10.2 Å². The first kappa shape index (κ1) is 18.3. The monoisotopic (exact) mass is 363 g/mol. The van der Waals surface area contributed by atoms with Gasteiger partial charge in [0.25, 0.3) is 5.91 Å². The van der Waals surface area contributed by atoms with Gasteiger partial charge in [-0.15, -0.1) is 0 Å². The molecule has 1 aromatic carbocycles. The Morgan fingerprint density at radius 3 is 2.89 bits per heavy atom. The van der Waals surface area contributed by atoms with Crippen LogP contribution in [0.2, 0.25) is 0 Å². The lowest BCUT2D eigenvalue weighted by Gasteiger charge is -2.05. The van der Waals surface area contributed by atoms with Crippen LogP contribution in [-0.4, -0.2) is 33.9 Å². The molecule has 0 aliphatic carbocycles. The number of rotatable bonds is 8. The summed E-state index contributed by atoms with van der Waals surface area (Å²) >= 11 is 0. The van der Waals surface area contributed by atoms with E-state index in [1.54, 1.807) is 24.5 Å². The molecule has 138 valence electrons. The molecule has 0 saturated heterocycles. The summed E-state index contributed by atoms with van der Waals surface area (Å²) in [5, 5.41) is 10.8. The van der Waals surface area contributed by atoms with E-state index in [0.29, 0.717) is 18.0 Å². The minimum atomic E-state index is -0.367. The maximum atomic E-state index is 12.1. The van der Waals surface area contributed by atoms with Gasteiger partial charge in [0.1, 0.15) is 11.4 Å². The lowest BCUT2D eigenvalue weighted by atomic mass is 10.1. The predicted molar refractivity (Wildman–Crippen MR) is 104 cm³/mol. The molecular formula is C20H21N5O2. The number of aromatic nitrogens is 3. The Labute approximate surface area is 157 Å². The molecule has 0 radical (unpaired) electrons. The number of H-pyrrole nitrogens is 1. The standard InChI is InChI=1S/C20H21N5O2/c1-2-3-11-27-17-8-6-16(7-9-17)18-12-19(24-23-18)20(26)25-22-14-15-5-4-10-21-13-15/h4-10,12-14H,2-3,11H2,1H3,(H,23,24)(H,25,26)/b22-14-. The molecule has 0 saturated carbocycles. The van der Waals surface area contributed by atoms with Crippen LogP contribution in [0, 0.1) is 0 Å². The number of hydrogen-bond donors (Lipinski definition) is 2. The maximum absolute atomic E-state index is 12.1. The van der Waals surface area contributed by atoms with Gasteiger partial charge in [-0.05, 0) is 42.8 Å². The topological polar surface area (TPSA) is 92.3 Å². The summed E-state index contributed by atoms with van der Waals surface area (Å²) in [6, 6.07) is 13.0. The number of pyridine rings is 1. The number of aromatic amines is 1. The van der Waals surface area contributed by atoms with E-state index in [9.17, 15) is 4.79 Å². The molecule has 7 nitrogen and oxygen atoms in total. The van der Waals surface area contributed by atoms with Crippen molar-refractivity contribution in [3.63, 3.8) is 0 Å². The first-order chi connectivity index (χ1) is 13.3. The third kappa shape index (κ3) is 5.24. The Balaban J connectivity index is 1.58. The number of carbonyl (C=O) groups is 1. The van der Waals surface area contributed by atoms with Gasteiger partial charge >= 0.3 is 0 Å². The number of hydrogen-bond acceptors (Lipinski definition) is 5. The highest BCUT2D eigenvalue weighted by molar-refractivity contribution is 5.94. The Kier molecular flexibility index (Phi) is 6.30. The third-order valence-corrected chi connectivity index (χ3v) is 3.80. The molecule has 2 N–H and O–H groups in total. The molecule has 0 fully saturated rings. The number of hydrazone groups is 1. The van der Waals surface area contributed by atoms with Crippen molar-refractivity contribution in [3.8, 4) is 17.0 Å². The van der Waals surface area contributed by atoms with Crippen LogP contribution >= 0.6 is 0 Å². The normalized spacial score (nSPS) is 10.9. The molecule has 0 unspecified atom stereocenters. The largest absolute Gasteiger partial charge is 0.494 e. The van der Waals surface area contributed by atoms with E-state index in [1.165, 1.54) is 6.21 Å². The zero-order chi connectivity index (χ0) is 18.9. The van der Waals surface area contributed by atoms with Gasteiger partial charge in [0.15, 0.2) is 0 Å². The van der Waals surface area contributed by atoms with Gasteiger partial charge in [0.2, 0.25) is 0 Å². The molecule has 0 bridgehead atoms. The van der Waals surface area contributed by atoms with E-state index in [-0.39, 0.29) is 5.91 Å². The Hall–Kier alpha value is -3.48. The van der Waals surface area contributed by atoms with E-state index in [2.05, 4.69) is 32.6 Å². The predicted octanol–water partition coefficient (Wildman–Crippen LogP) is 3.41. The molecule has 2 aromatic heterocycles. The Morgan fingerprint density at radius 2 is 2.15 bits per heavy atom. The number of benzene rings is 1. The smallest absolute Gasteiger partial charge is 0.289 e. The molecule has 1 amide bonds. The summed E-state index contributed by atoms with van der Waals surface area (Å²) < 4.78 is 5.65. The Bertz CT molecular complexity index is 888. The lowest BCUT2D eigenvalue weighted by Crippen LogP contribution is -2.18. The van der Waals surface area contributed by atoms with Crippen molar-refractivity contribution in [1.29, 1.82) is 0 Å². The summed E-state index contributed by atoms with van der Waals surface area (Å²) in [6.45, 7) is 2.84. The quantitative estimate of drug-likeness (QED) is 0.364. The van der Waals surface area contributed by atoms with Crippen molar-refractivity contribution >= 4 is 12.1 Å². The number of amides is 1. The van der Waals surface area contributed by atoms with E-state index < -0.39 is 0 Å². The first-order valence-electron chi connectivity index (χ1n) is 8.78. The van der Waals surface area contributed by atoms with Crippen LogP contribution in [0.3, 0.4) is 0 Å². The van der Waals surface area contributed by atoms with Crippen molar-refractivity contribution in [3.05, 3.63) is 66.1 Å². The number of unbranched alkanes of at least 4 members (excludes halogenated alkanes) is 1. The zero-order valence-corrected chi connectivity index (χ0v) is 15.1. The van der Waals surface area contributed by atoms with Crippen molar-refractivity contribution < 1.29 is 9.53 Å². The summed E-state index contributed by atoms with van der Waals surface area (Å²) in [5.41, 5.74) is 5.16. The second kappa shape index (κ2) is 9.28. The molecule has 3 rings (SSSR count). The van der Waals surface area contributed by atoms with Crippen LogP contribution < -0.4 is 10.2 Å². The molecular weight excluding hydrogens is 342 g/mol. The maximum Gasteiger partial charge on any atom is 0.289 e. The van der Waals surface area contributed by atoms with Crippen LogP contribution in [0.5, 0.6) is 5.75 Å². The van der Waals surface area contributed by atoms with Crippen LogP contribution in [0.25, 0.3) is 11.3 Å². The van der Waals surface area contributed by atoms with Crippen LogP contribution in [-0.2, 0) is 0 Å². The lowest BCUT2D eigenvalue weighted by molar-refractivity contribution is 0.0950. The fraction of sp³-hybridized carbons (Fsp3) is 0.200. The van der Waals surface area contributed by atoms with E-state index in [0.717, 1.165) is 29.7 Å². The highest BCUT2D eigenvalue weighted by Gasteiger charge is 2.10. The van der Waals surface area contributed by atoms with Gasteiger partial charge in [-0.25, -0.2) is 5.43 Å². The van der Waals surface area contributed by atoms with Gasteiger partial charge in [0.05, 0.1) is 18.5 Å². The second-order valence-corrected chi connectivity index (χ2v) is 5.88. The minimum absolute atomic E-state index is 0.330. The van der Waals surface area contributed by atoms with Gasteiger partial charge in [0, 0.05) is 23.5 Å². The summed E-state index contributed by atoms with van der Waals surface area (Å²) in [7, 11) is 0. The molecule has 0 atom stereocenters. The summed E-state index contributed by atoms with van der Waals surface area (Å²) in [4.78, 5) is 16.1. The molecule has 3 aromatic rings. The summed E-state index contributed by atoms with van der Waals surface area (Å²) in [5.74, 6) is 0.457. The number of nitrogens with zero attached hydrogens (tertiary/aromatic N) is 3. The van der Waals surface area contributed by atoms with Crippen molar-refractivity contribution in [1.82, 2.24) is 20.6 Å². The van der Waals surface area contributed by atoms with Crippen molar-refractivity contribution in [2.24, 2.45) is 5.10 Å². The van der Waals surface area contributed by atoms with Crippen LogP contribution in [0.4, 0.5) is 0 Å². The minimum Gasteiger partial charge on any atom is -0.494 e. The Morgan fingerprint density at radius 1 is 1.30 bits per heavy atom. The average molecular weight is 363 g/mol. The van der Waals surface area contributed by atoms with Crippen molar-refractivity contribution in [2.45, 2.75) is 19.8 Å². The van der Waals surface area contributed by atoms with E-state index in [4.69, 9.17) is 4.74 Å². The van der Waals surface area contributed by atoms with Gasteiger partial charge in [-0.3, -0.25) is 14.9 Å². The summed E-state index contributed by atoms with van der Waals surface area (Å²) in [6.07, 6.45) is 6.98. The highest BCUT2D eigenvalue weighted by atomic mass is 16.5. The van der Waals surface area contributed by atoms with Crippen LogP contribution in [0.1, 0.15) is 35.8 Å². The molecule has 27 heavy (non-hydrogen) atoms. The number of carbonyl (C=O) groups excluding carboxylic acids is 1. The van der Waals surface area contributed by atoms with Gasteiger partial charge in [-0.1, -0.05) is 19.4 Å². The second-order valence-electron chi connectivity index (χ2n) is 5.88. The molecule has 0 aliphatic rings. The van der Waals surface area contributed by atoms with E-state index >= 15 is 0 Å². The van der Waals surface area contributed by atoms with Crippen LogP contribution in [0.15, 0.2) is 60.0 Å². The first-order valence-corrected chi connectivity index (χ1v) is 8.78.